The number of phenolic OH excluding ortho intramolecular Hbond substituents is 1. The minimum absolute atomic E-state index is 0.00824. The Morgan fingerprint density at radius 1 is 1.18 bits per heavy atom. The first-order valence-electron chi connectivity index (χ1n) is 9.49. The molecule has 0 bridgehead atoms. The highest BCUT2D eigenvalue weighted by Crippen LogP contribution is 2.41. The van der Waals surface area contributed by atoms with Crippen LogP contribution in [0.25, 0.3) is 5.65 Å². The largest absolute Gasteiger partial charge is 0.508 e. The molecule has 1 amide bonds. The van der Waals surface area contributed by atoms with Crippen molar-refractivity contribution >= 4 is 17.2 Å². The summed E-state index contributed by atoms with van der Waals surface area (Å²) >= 11 is 0. The van der Waals surface area contributed by atoms with Crippen molar-refractivity contribution in [2.24, 2.45) is 0 Å². The molecule has 1 unspecified atom stereocenters. The maximum Gasteiger partial charge on any atom is 0.253 e. The van der Waals surface area contributed by atoms with E-state index in [9.17, 15) is 9.90 Å². The molecule has 7 heteroatoms. The van der Waals surface area contributed by atoms with Crippen LogP contribution in [-0.4, -0.2) is 46.3 Å². The first-order chi connectivity index (χ1) is 13.7. The second-order valence-electron chi connectivity index (χ2n) is 7.28. The van der Waals surface area contributed by atoms with Gasteiger partial charge in [-0.2, -0.15) is 0 Å². The number of nitrogens with zero attached hydrogens (tertiary/aromatic N) is 3. The molecule has 2 aliphatic rings. The first kappa shape index (κ1) is 17.1. The predicted octanol–water partition coefficient (Wildman–Crippen LogP) is 2.73. The number of ether oxygens (including phenoxy) is 2. The lowest BCUT2D eigenvalue weighted by molar-refractivity contribution is -0.130. The number of benzene rings is 1. The summed E-state index contributed by atoms with van der Waals surface area (Å²) in [5.74, 6) is 1.40. The van der Waals surface area contributed by atoms with Gasteiger partial charge in [-0.1, -0.05) is 0 Å². The number of aromatic nitrogens is 2. The van der Waals surface area contributed by atoms with Crippen molar-refractivity contribution < 1.29 is 19.4 Å². The smallest absolute Gasteiger partial charge is 0.253 e. The van der Waals surface area contributed by atoms with E-state index >= 15 is 0 Å². The van der Waals surface area contributed by atoms with Gasteiger partial charge in [-0.3, -0.25) is 4.79 Å². The van der Waals surface area contributed by atoms with E-state index in [1.807, 2.05) is 12.3 Å². The molecule has 5 rings (SSSR count). The number of fused-ring (bicyclic) bond motifs is 1. The molecule has 2 aromatic heterocycles. The molecule has 1 saturated carbocycles. The number of imidazole rings is 1. The molecular weight excluding hydrogens is 358 g/mol. The average molecular weight is 379 g/mol. The third-order valence-electron chi connectivity index (χ3n) is 5.26. The van der Waals surface area contributed by atoms with Gasteiger partial charge in [0.1, 0.15) is 25.1 Å². The van der Waals surface area contributed by atoms with Crippen LogP contribution < -0.4 is 9.64 Å². The molecule has 1 atom stereocenters. The maximum absolute atomic E-state index is 12.2. The zero-order chi connectivity index (χ0) is 19.1. The third-order valence-corrected chi connectivity index (χ3v) is 5.26. The van der Waals surface area contributed by atoms with Crippen LogP contribution in [0.5, 0.6) is 11.5 Å². The van der Waals surface area contributed by atoms with E-state index < -0.39 is 0 Å². The minimum Gasteiger partial charge on any atom is -0.508 e. The van der Waals surface area contributed by atoms with Gasteiger partial charge in [0.2, 0.25) is 0 Å². The van der Waals surface area contributed by atoms with E-state index in [4.69, 9.17) is 9.47 Å². The molecule has 3 heterocycles. The van der Waals surface area contributed by atoms with Gasteiger partial charge in [0.15, 0.2) is 11.4 Å². The van der Waals surface area contributed by atoms with Crippen LogP contribution in [0.3, 0.4) is 0 Å². The maximum atomic E-state index is 12.2. The second kappa shape index (κ2) is 6.83. The number of anilines is 1. The fourth-order valence-electron chi connectivity index (χ4n) is 3.63. The van der Waals surface area contributed by atoms with Gasteiger partial charge >= 0.3 is 0 Å². The summed E-state index contributed by atoms with van der Waals surface area (Å²) in [5.41, 5.74) is 2.82. The first-order valence-corrected chi connectivity index (χ1v) is 9.49. The highest BCUT2D eigenvalue weighted by molar-refractivity contribution is 5.95. The van der Waals surface area contributed by atoms with Crippen molar-refractivity contribution in [2.75, 3.05) is 24.7 Å². The predicted molar refractivity (Wildman–Crippen MR) is 103 cm³/mol. The number of aromatic hydroxyl groups is 1. The molecule has 1 N–H and O–H groups in total. The lowest BCUT2D eigenvalue weighted by Crippen LogP contribution is -2.48. The summed E-state index contributed by atoms with van der Waals surface area (Å²) in [6, 6.07) is 10.7. The molecule has 0 spiro atoms. The number of hydrogen-bond acceptors (Lipinski definition) is 5. The van der Waals surface area contributed by atoms with E-state index in [0.717, 1.165) is 11.3 Å². The van der Waals surface area contributed by atoms with Crippen molar-refractivity contribution in [2.45, 2.75) is 24.9 Å². The third kappa shape index (κ3) is 3.18. The normalized spacial score (nSPS) is 19.9. The molecule has 2 fully saturated rings. The quantitative estimate of drug-likeness (QED) is 0.738. The molecule has 144 valence electrons. The summed E-state index contributed by atoms with van der Waals surface area (Å²) < 4.78 is 13.8. The lowest BCUT2D eigenvalue weighted by Gasteiger charge is -2.32. The van der Waals surface area contributed by atoms with Crippen molar-refractivity contribution in [1.82, 2.24) is 9.38 Å². The Morgan fingerprint density at radius 2 is 2.00 bits per heavy atom. The molecule has 1 aliphatic carbocycles. The Kier molecular flexibility index (Phi) is 4.16. The molecule has 1 saturated heterocycles. The summed E-state index contributed by atoms with van der Waals surface area (Å²) in [6.45, 7) is 0.732. The lowest BCUT2D eigenvalue weighted by atomic mass is 10.2. The zero-order valence-electron chi connectivity index (χ0n) is 15.3. The number of hydrogen-bond donors (Lipinski definition) is 1. The van der Waals surface area contributed by atoms with E-state index in [1.165, 1.54) is 18.5 Å². The Bertz CT molecular complexity index is 1010. The topological polar surface area (TPSA) is 76.3 Å². The van der Waals surface area contributed by atoms with Crippen molar-refractivity contribution in [3.05, 3.63) is 54.5 Å². The summed E-state index contributed by atoms with van der Waals surface area (Å²) in [6.07, 6.45) is 5.97. The van der Waals surface area contributed by atoms with E-state index in [2.05, 4.69) is 15.5 Å². The number of pyridine rings is 1. The summed E-state index contributed by atoms with van der Waals surface area (Å²) in [4.78, 5) is 18.3. The van der Waals surface area contributed by atoms with Crippen molar-refractivity contribution in [1.29, 1.82) is 0 Å². The summed E-state index contributed by atoms with van der Waals surface area (Å²) in [5, 5.41) is 9.45. The van der Waals surface area contributed by atoms with Crippen LogP contribution >= 0.6 is 0 Å². The number of morpholine rings is 1. The molecule has 1 aromatic carbocycles. The van der Waals surface area contributed by atoms with Crippen LogP contribution in [0.1, 0.15) is 24.5 Å². The highest BCUT2D eigenvalue weighted by Gasteiger charge is 2.29. The number of amides is 1. The highest BCUT2D eigenvalue weighted by atomic mass is 16.5. The van der Waals surface area contributed by atoms with Gasteiger partial charge in [0, 0.05) is 23.8 Å². The number of carbonyl (C=O) groups excluding carboxylic acids is 1. The molecular formula is C21H21N3O4. The molecule has 3 aromatic rings. The van der Waals surface area contributed by atoms with E-state index in [0.29, 0.717) is 24.8 Å². The van der Waals surface area contributed by atoms with Gasteiger partial charge in [-0.05, 0) is 55.2 Å². The Labute approximate surface area is 162 Å². The van der Waals surface area contributed by atoms with Crippen LogP contribution in [-0.2, 0) is 9.53 Å². The fourth-order valence-corrected chi connectivity index (χ4v) is 3.63. The van der Waals surface area contributed by atoms with Crippen LogP contribution in [0.2, 0.25) is 0 Å². The van der Waals surface area contributed by atoms with Gasteiger partial charge in [-0.25, -0.2) is 4.98 Å². The van der Waals surface area contributed by atoms with Crippen LogP contribution in [0, 0.1) is 0 Å². The molecule has 7 nitrogen and oxygen atoms in total. The van der Waals surface area contributed by atoms with Crippen molar-refractivity contribution in [3.8, 4) is 11.5 Å². The Morgan fingerprint density at radius 3 is 2.79 bits per heavy atom. The van der Waals surface area contributed by atoms with Gasteiger partial charge in [0.25, 0.3) is 5.91 Å². The van der Waals surface area contributed by atoms with E-state index in [1.54, 1.807) is 35.4 Å². The van der Waals surface area contributed by atoms with Gasteiger partial charge in [0.05, 0.1) is 6.54 Å². The second-order valence-corrected chi connectivity index (χ2v) is 7.28. The van der Waals surface area contributed by atoms with Crippen LogP contribution in [0.15, 0.2) is 48.8 Å². The van der Waals surface area contributed by atoms with Crippen molar-refractivity contribution in [3.63, 3.8) is 0 Å². The monoisotopic (exact) mass is 379 g/mol. The summed E-state index contributed by atoms with van der Waals surface area (Å²) in [7, 11) is 0. The Hall–Kier alpha value is -3.06. The van der Waals surface area contributed by atoms with Gasteiger partial charge in [-0.15, -0.1) is 0 Å². The molecule has 0 radical (unpaired) electrons. The standard InChI is InChI=1S/C21H21N3O4/c25-16-5-3-15(4-6-16)24-11-17(27-13-20(24)26)12-28-19-8-7-18(14-1-2-14)23-10-9-22-21(19)23/h3-10,14,17,25H,1-2,11-13H2. The Balaban J connectivity index is 1.30. The number of carbonyl (C=O) groups is 1. The molecule has 1 aliphatic heterocycles. The minimum atomic E-state index is -0.246. The zero-order valence-corrected chi connectivity index (χ0v) is 15.3. The molecule has 28 heavy (non-hydrogen) atoms. The average Bonchev–Trinajstić information content (AvgIpc) is 3.43. The SMILES string of the molecule is O=C1COC(COc2ccc(C3CC3)n3ccnc23)CN1c1ccc(O)cc1. The number of rotatable bonds is 5. The van der Waals surface area contributed by atoms with Gasteiger partial charge < -0.3 is 23.9 Å². The fraction of sp³-hybridized carbons (Fsp3) is 0.333. The van der Waals surface area contributed by atoms with E-state index in [-0.39, 0.29) is 24.4 Å². The van der Waals surface area contributed by atoms with Crippen LogP contribution in [0.4, 0.5) is 5.69 Å². The number of phenols is 1.